The molecule has 0 radical (unpaired) electrons. The van der Waals surface area contributed by atoms with Gasteiger partial charge in [-0.25, -0.2) is 4.98 Å². The minimum Gasteiger partial charge on any atom is -0.389 e. The SMILES string of the molecule is Cc1ncsc1CN(C)c1ccc(Cl)cc1C(N)=S. The van der Waals surface area contributed by atoms with Gasteiger partial charge in [0.15, 0.2) is 0 Å². The maximum atomic E-state index is 5.99. The molecule has 6 heteroatoms. The molecule has 2 N–H and O–H groups in total. The van der Waals surface area contributed by atoms with Gasteiger partial charge in [-0.15, -0.1) is 11.3 Å². The number of nitrogens with zero attached hydrogens (tertiary/aromatic N) is 2. The van der Waals surface area contributed by atoms with Crippen LogP contribution in [0.2, 0.25) is 5.02 Å². The van der Waals surface area contributed by atoms with E-state index in [9.17, 15) is 0 Å². The predicted molar refractivity (Wildman–Crippen MR) is 86.3 cm³/mol. The van der Waals surface area contributed by atoms with Gasteiger partial charge in [0.25, 0.3) is 0 Å². The third-order valence-corrected chi connectivity index (χ3v) is 4.24. The predicted octanol–water partition coefficient (Wildman–Crippen LogP) is 3.38. The van der Waals surface area contributed by atoms with E-state index in [1.54, 1.807) is 17.4 Å². The topological polar surface area (TPSA) is 42.2 Å². The highest BCUT2D eigenvalue weighted by Crippen LogP contribution is 2.26. The van der Waals surface area contributed by atoms with Crippen LogP contribution in [-0.2, 0) is 6.54 Å². The number of halogens is 1. The third-order valence-electron chi connectivity index (χ3n) is 2.86. The summed E-state index contributed by atoms with van der Waals surface area (Å²) in [5.74, 6) is 0. The largest absolute Gasteiger partial charge is 0.389 e. The first-order chi connectivity index (χ1) is 8.99. The summed E-state index contributed by atoms with van der Waals surface area (Å²) < 4.78 is 0. The lowest BCUT2D eigenvalue weighted by atomic mass is 10.1. The monoisotopic (exact) mass is 311 g/mol. The second-order valence-electron chi connectivity index (χ2n) is 4.24. The van der Waals surface area contributed by atoms with Crippen molar-refractivity contribution in [2.45, 2.75) is 13.5 Å². The lowest BCUT2D eigenvalue weighted by Gasteiger charge is -2.22. The van der Waals surface area contributed by atoms with Crippen molar-refractivity contribution in [3.63, 3.8) is 0 Å². The standard InChI is InChI=1S/C13H14ClN3S2/c1-8-12(19-7-16-8)6-17(2)11-4-3-9(14)5-10(11)13(15)18/h3-5,7H,6H2,1-2H3,(H2,15,18). The van der Waals surface area contributed by atoms with Gasteiger partial charge in [-0.3, -0.25) is 0 Å². The Morgan fingerprint density at radius 2 is 2.26 bits per heavy atom. The molecule has 0 spiro atoms. The molecule has 1 aromatic carbocycles. The molecule has 0 aliphatic rings. The number of hydrogen-bond acceptors (Lipinski definition) is 4. The Kier molecular flexibility index (Phi) is 4.39. The lowest BCUT2D eigenvalue weighted by Crippen LogP contribution is -2.21. The number of anilines is 1. The Labute approximate surface area is 127 Å². The zero-order chi connectivity index (χ0) is 14.0. The fourth-order valence-corrected chi connectivity index (χ4v) is 2.98. The van der Waals surface area contributed by atoms with Crippen LogP contribution in [0.4, 0.5) is 5.69 Å². The third kappa shape index (κ3) is 3.23. The van der Waals surface area contributed by atoms with E-state index in [0.717, 1.165) is 23.5 Å². The zero-order valence-electron chi connectivity index (χ0n) is 10.7. The van der Waals surface area contributed by atoms with E-state index in [1.807, 2.05) is 31.6 Å². The minimum absolute atomic E-state index is 0.352. The van der Waals surface area contributed by atoms with E-state index in [1.165, 1.54) is 4.88 Å². The molecule has 19 heavy (non-hydrogen) atoms. The molecular weight excluding hydrogens is 298 g/mol. The summed E-state index contributed by atoms with van der Waals surface area (Å²) >= 11 is 12.7. The first-order valence-electron chi connectivity index (χ1n) is 5.68. The molecule has 0 saturated carbocycles. The van der Waals surface area contributed by atoms with E-state index < -0.39 is 0 Å². The van der Waals surface area contributed by atoms with Gasteiger partial charge in [-0.2, -0.15) is 0 Å². The molecular formula is C13H14ClN3S2. The summed E-state index contributed by atoms with van der Waals surface area (Å²) in [6.45, 7) is 2.78. The fraction of sp³-hybridized carbons (Fsp3) is 0.231. The first kappa shape index (κ1) is 14.2. The van der Waals surface area contributed by atoms with E-state index in [2.05, 4.69) is 9.88 Å². The first-order valence-corrected chi connectivity index (χ1v) is 7.35. The van der Waals surface area contributed by atoms with E-state index in [-0.39, 0.29) is 0 Å². The molecule has 1 aromatic heterocycles. The lowest BCUT2D eigenvalue weighted by molar-refractivity contribution is 0.925. The van der Waals surface area contributed by atoms with Crippen molar-refractivity contribution in [2.75, 3.05) is 11.9 Å². The molecule has 0 saturated heterocycles. The van der Waals surface area contributed by atoms with Gasteiger partial charge in [0, 0.05) is 28.2 Å². The van der Waals surface area contributed by atoms with Gasteiger partial charge in [0.2, 0.25) is 0 Å². The molecule has 3 nitrogen and oxygen atoms in total. The Hall–Kier alpha value is -1.17. The van der Waals surface area contributed by atoms with Gasteiger partial charge in [0.1, 0.15) is 4.99 Å². The maximum absolute atomic E-state index is 5.99. The number of thiocarbonyl (C=S) groups is 1. The fourth-order valence-electron chi connectivity index (χ4n) is 1.82. The molecule has 0 bridgehead atoms. The Balaban J connectivity index is 2.31. The number of benzene rings is 1. The molecule has 0 aliphatic heterocycles. The number of thiazole rings is 1. The van der Waals surface area contributed by atoms with Crippen LogP contribution in [0.25, 0.3) is 0 Å². The summed E-state index contributed by atoms with van der Waals surface area (Å²) in [4.78, 5) is 7.94. The Morgan fingerprint density at radius 3 is 2.84 bits per heavy atom. The van der Waals surface area contributed by atoms with Crippen molar-refractivity contribution in [3.05, 3.63) is 44.9 Å². The van der Waals surface area contributed by atoms with Crippen molar-refractivity contribution in [1.29, 1.82) is 0 Å². The molecule has 2 aromatic rings. The Bertz CT molecular complexity index is 610. The van der Waals surface area contributed by atoms with Crippen LogP contribution >= 0.6 is 35.2 Å². The molecule has 0 unspecified atom stereocenters. The summed E-state index contributed by atoms with van der Waals surface area (Å²) in [5.41, 5.74) is 10.4. The van der Waals surface area contributed by atoms with Crippen LogP contribution in [0.3, 0.4) is 0 Å². The van der Waals surface area contributed by atoms with Crippen LogP contribution in [-0.4, -0.2) is 17.0 Å². The van der Waals surface area contributed by atoms with Gasteiger partial charge in [-0.1, -0.05) is 23.8 Å². The molecule has 0 fully saturated rings. The van der Waals surface area contributed by atoms with Crippen molar-refractivity contribution in [2.24, 2.45) is 5.73 Å². The minimum atomic E-state index is 0.352. The van der Waals surface area contributed by atoms with Crippen LogP contribution in [0.15, 0.2) is 23.7 Å². The number of rotatable bonds is 4. The zero-order valence-corrected chi connectivity index (χ0v) is 13.1. The number of hydrogen-bond donors (Lipinski definition) is 1. The summed E-state index contributed by atoms with van der Waals surface area (Å²) in [7, 11) is 2.00. The van der Waals surface area contributed by atoms with Crippen LogP contribution in [0.5, 0.6) is 0 Å². The molecule has 0 atom stereocenters. The van der Waals surface area contributed by atoms with Crippen molar-refractivity contribution in [3.8, 4) is 0 Å². The number of aryl methyl sites for hydroxylation is 1. The summed E-state index contributed by atoms with van der Waals surface area (Å²) in [5, 5.41) is 0.633. The second-order valence-corrected chi connectivity index (χ2v) is 6.06. The van der Waals surface area contributed by atoms with Gasteiger partial charge in [-0.05, 0) is 25.1 Å². The molecule has 2 rings (SSSR count). The van der Waals surface area contributed by atoms with E-state index in [0.29, 0.717) is 10.0 Å². The summed E-state index contributed by atoms with van der Waals surface area (Å²) in [6, 6.07) is 5.58. The smallest absolute Gasteiger partial charge is 0.106 e. The van der Waals surface area contributed by atoms with E-state index in [4.69, 9.17) is 29.6 Å². The highest BCUT2D eigenvalue weighted by Gasteiger charge is 2.12. The van der Waals surface area contributed by atoms with Crippen LogP contribution in [0, 0.1) is 6.92 Å². The van der Waals surface area contributed by atoms with E-state index >= 15 is 0 Å². The van der Waals surface area contributed by atoms with Gasteiger partial charge < -0.3 is 10.6 Å². The maximum Gasteiger partial charge on any atom is 0.106 e. The highest BCUT2D eigenvalue weighted by molar-refractivity contribution is 7.80. The summed E-state index contributed by atoms with van der Waals surface area (Å²) in [6.07, 6.45) is 0. The number of nitrogens with two attached hydrogens (primary N) is 1. The Morgan fingerprint density at radius 1 is 1.53 bits per heavy atom. The average Bonchev–Trinajstić information content (AvgIpc) is 2.74. The normalized spacial score (nSPS) is 10.5. The molecule has 100 valence electrons. The van der Waals surface area contributed by atoms with Crippen molar-refractivity contribution < 1.29 is 0 Å². The molecule has 0 aliphatic carbocycles. The van der Waals surface area contributed by atoms with Crippen molar-refractivity contribution >= 4 is 45.8 Å². The van der Waals surface area contributed by atoms with Gasteiger partial charge >= 0.3 is 0 Å². The average molecular weight is 312 g/mol. The molecule has 0 amide bonds. The highest BCUT2D eigenvalue weighted by atomic mass is 35.5. The number of aromatic nitrogens is 1. The van der Waals surface area contributed by atoms with Crippen molar-refractivity contribution in [1.82, 2.24) is 4.98 Å². The second kappa shape index (κ2) is 5.86. The van der Waals surface area contributed by atoms with Crippen LogP contribution < -0.4 is 10.6 Å². The van der Waals surface area contributed by atoms with Crippen LogP contribution in [0.1, 0.15) is 16.1 Å². The molecule has 1 heterocycles. The van der Waals surface area contributed by atoms with Gasteiger partial charge in [0.05, 0.1) is 17.7 Å². The quantitative estimate of drug-likeness (QED) is 0.879.